The second-order valence-corrected chi connectivity index (χ2v) is 4.64. The van der Waals surface area contributed by atoms with Crippen LogP contribution in [0.4, 0.5) is 0 Å². The Labute approximate surface area is 120 Å². The lowest BCUT2D eigenvalue weighted by molar-refractivity contribution is 0.639. The SMILES string of the molecule is C/N=C\c1ccccc1Cn1ncc(Cl)c(Cl)c1=O. The van der Waals surface area contributed by atoms with Gasteiger partial charge in [-0.05, 0) is 11.1 Å². The summed E-state index contributed by atoms with van der Waals surface area (Å²) in [4.78, 5) is 15.9. The Bertz CT molecular complexity index is 680. The Morgan fingerprint density at radius 3 is 2.84 bits per heavy atom. The van der Waals surface area contributed by atoms with Gasteiger partial charge in [-0.1, -0.05) is 47.5 Å². The molecule has 2 aromatic rings. The molecule has 0 saturated carbocycles. The topological polar surface area (TPSA) is 47.2 Å². The van der Waals surface area contributed by atoms with Crippen LogP contribution in [0.1, 0.15) is 11.1 Å². The first-order valence-corrected chi connectivity index (χ1v) is 6.30. The van der Waals surface area contributed by atoms with Gasteiger partial charge in [0.15, 0.2) is 0 Å². The molecule has 0 bridgehead atoms. The maximum Gasteiger partial charge on any atom is 0.287 e. The molecule has 1 aromatic heterocycles. The van der Waals surface area contributed by atoms with Crippen molar-refractivity contribution in [3.63, 3.8) is 0 Å². The number of aromatic nitrogens is 2. The van der Waals surface area contributed by atoms with Gasteiger partial charge >= 0.3 is 0 Å². The molecule has 0 saturated heterocycles. The monoisotopic (exact) mass is 295 g/mol. The average Bonchev–Trinajstić information content (AvgIpc) is 2.42. The van der Waals surface area contributed by atoms with Gasteiger partial charge in [0.05, 0.1) is 17.8 Å². The first-order chi connectivity index (χ1) is 9.13. The molecule has 19 heavy (non-hydrogen) atoms. The maximum absolute atomic E-state index is 11.9. The minimum absolute atomic E-state index is 0.0155. The number of hydrogen-bond acceptors (Lipinski definition) is 3. The molecule has 6 heteroatoms. The van der Waals surface area contributed by atoms with Crippen molar-refractivity contribution in [2.45, 2.75) is 6.54 Å². The Hall–Kier alpha value is -1.65. The molecular formula is C13H11Cl2N3O. The van der Waals surface area contributed by atoms with E-state index in [1.807, 2.05) is 24.3 Å². The molecule has 1 heterocycles. The van der Waals surface area contributed by atoms with Crippen molar-refractivity contribution in [1.29, 1.82) is 0 Å². The average molecular weight is 296 g/mol. The normalized spacial score (nSPS) is 11.1. The summed E-state index contributed by atoms with van der Waals surface area (Å²) < 4.78 is 1.27. The van der Waals surface area contributed by atoms with E-state index in [0.717, 1.165) is 11.1 Å². The van der Waals surface area contributed by atoms with Gasteiger partial charge in [-0.2, -0.15) is 5.10 Å². The van der Waals surface area contributed by atoms with Crippen LogP contribution in [0.2, 0.25) is 10.0 Å². The lowest BCUT2D eigenvalue weighted by Crippen LogP contribution is -2.24. The van der Waals surface area contributed by atoms with E-state index in [-0.39, 0.29) is 10.0 Å². The van der Waals surface area contributed by atoms with Crippen LogP contribution < -0.4 is 5.56 Å². The van der Waals surface area contributed by atoms with Crippen molar-refractivity contribution in [2.24, 2.45) is 4.99 Å². The van der Waals surface area contributed by atoms with Gasteiger partial charge in [0, 0.05) is 13.3 Å². The summed E-state index contributed by atoms with van der Waals surface area (Å²) in [5, 5.41) is 4.12. The van der Waals surface area contributed by atoms with Gasteiger partial charge < -0.3 is 0 Å². The molecule has 0 aliphatic rings. The van der Waals surface area contributed by atoms with Crippen LogP contribution in [0.5, 0.6) is 0 Å². The molecule has 0 spiro atoms. The first-order valence-electron chi connectivity index (χ1n) is 5.54. The van der Waals surface area contributed by atoms with Gasteiger partial charge in [-0.15, -0.1) is 0 Å². The van der Waals surface area contributed by atoms with E-state index < -0.39 is 5.56 Å². The Morgan fingerprint density at radius 1 is 1.37 bits per heavy atom. The number of rotatable bonds is 3. The molecule has 0 radical (unpaired) electrons. The highest BCUT2D eigenvalue weighted by atomic mass is 35.5. The first kappa shape index (κ1) is 13.8. The molecule has 0 N–H and O–H groups in total. The van der Waals surface area contributed by atoms with Crippen LogP contribution in [0.3, 0.4) is 0 Å². The van der Waals surface area contributed by atoms with Crippen LogP contribution in [-0.4, -0.2) is 23.0 Å². The highest BCUT2D eigenvalue weighted by Gasteiger charge is 2.09. The fourth-order valence-electron chi connectivity index (χ4n) is 1.66. The second-order valence-electron chi connectivity index (χ2n) is 3.86. The van der Waals surface area contributed by atoms with Crippen LogP contribution in [0.15, 0.2) is 40.2 Å². The van der Waals surface area contributed by atoms with Crippen LogP contribution >= 0.6 is 23.2 Å². The Kier molecular flexibility index (Phi) is 4.35. The van der Waals surface area contributed by atoms with E-state index in [9.17, 15) is 4.79 Å². The quantitative estimate of drug-likeness (QED) is 0.817. The smallest absolute Gasteiger partial charge is 0.287 e. The Balaban J connectivity index is 2.42. The number of halogens is 2. The van der Waals surface area contributed by atoms with Crippen LogP contribution in [-0.2, 0) is 6.54 Å². The Morgan fingerprint density at radius 2 is 2.11 bits per heavy atom. The molecule has 1 aromatic carbocycles. The third-order valence-corrected chi connectivity index (χ3v) is 3.33. The maximum atomic E-state index is 11.9. The van der Waals surface area contributed by atoms with Gasteiger partial charge in [0.2, 0.25) is 0 Å². The third kappa shape index (κ3) is 3.03. The van der Waals surface area contributed by atoms with Crippen molar-refractivity contribution >= 4 is 29.4 Å². The fourth-order valence-corrected chi connectivity index (χ4v) is 1.93. The number of hydrogen-bond donors (Lipinski definition) is 0. The van der Waals surface area contributed by atoms with E-state index in [1.165, 1.54) is 10.9 Å². The summed E-state index contributed by atoms with van der Waals surface area (Å²) in [5.41, 5.74) is 1.46. The molecule has 98 valence electrons. The molecule has 0 atom stereocenters. The predicted octanol–water partition coefficient (Wildman–Crippen LogP) is 2.65. The molecule has 0 aliphatic heterocycles. The van der Waals surface area contributed by atoms with Crippen molar-refractivity contribution in [3.05, 3.63) is 62.0 Å². The zero-order valence-corrected chi connectivity index (χ0v) is 11.7. The van der Waals surface area contributed by atoms with Gasteiger partial charge in [0.25, 0.3) is 5.56 Å². The standard InChI is InChI=1S/C13H11Cl2N3O/c1-16-6-9-4-2-3-5-10(9)8-18-13(19)12(15)11(14)7-17-18/h2-7H,8H2,1H3/b16-6-. The highest BCUT2D eigenvalue weighted by molar-refractivity contribution is 6.41. The van der Waals surface area contributed by atoms with Gasteiger partial charge in [-0.3, -0.25) is 9.79 Å². The molecule has 0 amide bonds. The largest absolute Gasteiger partial charge is 0.296 e. The van der Waals surface area contributed by atoms with Crippen molar-refractivity contribution in [3.8, 4) is 0 Å². The predicted molar refractivity (Wildman–Crippen MR) is 77.6 cm³/mol. The summed E-state index contributed by atoms with van der Waals surface area (Å²) in [7, 11) is 1.69. The van der Waals surface area contributed by atoms with E-state index in [2.05, 4.69) is 10.1 Å². The number of benzene rings is 1. The van der Waals surface area contributed by atoms with Crippen LogP contribution in [0.25, 0.3) is 0 Å². The molecule has 0 fully saturated rings. The van der Waals surface area contributed by atoms with Crippen molar-refractivity contribution in [2.75, 3.05) is 7.05 Å². The molecule has 0 unspecified atom stereocenters. The summed E-state index contributed by atoms with van der Waals surface area (Å²) in [6.45, 7) is 0.317. The number of aliphatic imine (C=N–C) groups is 1. The second kappa shape index (κ2) is 5.99. The number of nitrogens with zero attached hydrogens (tertiary/aromatic N) is 3. The lowest BCUT2D eigenvalue weighted by atomic mass is 10.1. The lowest BCUT2D eigenvalue weighted by Gasteiger charge is -2.08. The highest BCUT2D eigenvalue weighted by Crippen LogP contribution is 2.15. The van der Waals surface area contributed by atoms with E-state index in [4.69, 9.17) is 23.2 Å². The van der Waals surface area contributed by atoms with Crippen molar-refractivity contribution in [1.82, 2.24) is 9.78 Å². The zero-order chi connectivity index (χ0) is 13.8. The van der Waals surface area contributed by atoms with E-state index in [0.29, 0.717) is 6.54 Å². The minimum atomic E-state index is -0.405. The molecule has 0 aliphatic carbocycles. The van der Waals surface area contributed by atoms with Crippen molar-refractivity contribution < 1.29 is 0 Å². The van der Waals surface area contributed by atoms with E-state index >= 15 is 0 Å². The van der Waals surface area contributed by atoms with Gasteiger partial charge in [0.1, 0.15) is 5.02 Å². The summed E-state index contributed by atoms with van der Waals surface area (Å²) in [6.07, 6.45) is 3.10. The molecule has 4 nitrogen and oxygen atoms in total. The minimum Gasteiger partial charge on any atom is -0.296 e. The van der Waals surface area contributed by atoms with Gasteiger partial charge in [-0.25, -0.2) is 4.68 Å². The molecule has 2 rings (SSSR count). The summed E-state index contributed by atoms with van der Waals surface area (Å²) in [6, 6.07) is 7.63. The van der Waals surface area contributed by atoms with Crippen LogP contribution in [0, 0.1) is 0 Å². The van der Waals surface area contributed by atoms with E-state index in [1.54, 1.807) is 13.3 Å². The zero-order valence-electron chi connectivity index (χ0n) is 10.2. The third-order valence-electron chi connectivity index (χ3n) is 2.59. The fraction of sp³-hybridized carbons (Fsp3) is 0.154. The summed E-state index contributed by atoms with van der Waals surface area (Å²) >= 11 is 11.6. The summed E-state index contributed by atoms with van der Waals surface area (Å²) in [5.74, 6) is 0. The molecular weight excluding hydrogens is 285 g/mol.